The topological polar surface area (TPSA) is 41.1 Å². The van der Waals surface area contributed by atoms with Crippen LogP contribution >= 0.6 is 0 Å². The third kappa shape index (κ3) is 3.38. The van der Waals surface area contributed by atoms with Crippen molar-refractivity contribution >= 4 is 11.6 Å². The average Bonchev–Trinajstić information content (AvgIpc) is 2.49. The van der Waals surface area contributed by atoms with Crippen LogP contribution in [0.3, 0.4) is 0 Å². The fraction of sp³-hybridized carbons (Fsp3) is 0.235. The van der Waals surface area contributed by atoms with E-state index >= 15 is 0 Å². The molecule has 0 aromatic heterocycles. The summed E-state index contributed by atoms with van der Waals surface area (Å²) in [5, 5.41) is 6.24. The Labute approximate surface area is 120 Å². The normalized spacial score (nSPS) is 11.7. The molecule has 2 rings (SSSR count). The number of amides is 1. The van der Waals surface area contributed by atoms with Gasteiger partial charge >= 0.3 is 0 Å². The summed E-state index contributed by atoms with van der Waals surface area (Å²) < 4.78 is 0. The number of nitrogens with one attached hydrogen (secondary N) is 2. The number of anilines is 1. The van der Waals surface area contributed by atoms with Gasteiger partial charge in [0.2, 0.25) is 0 Å². The van der Waals surface area contributed by atoms with Crippen molar-refractivity contribution in [1.29, 1.82) is 0 Å². The van der Waals surface area contributed by atoms with Gasteiger partial charge in [-0.05, 0) is 31.5 Å². The zero-order valence-corrected chi connectivity index (χ0v) is 11.9. The van der Waals surface area contributed by atoms with E-state index in [2.05, 4.69) is 10.6 Å². The Morgan fingerprint density at radius 3 is 2.40 bits per heavy atom. The van der Waals surface area contributed by atoms with Gasteiger partial charge in [-0.15, -0.1) is 0 Å². The van der Waals surface area contributed by atoms with Gasteiger partial charge in [0.1, 0.15) is 0 Å². The van der Waals surface area contributed by atoms with Crippen LogP contribution in [0.25, 0.3) is 0 Å². The summed E-state index contributed by atoms with van der Waals surface area (Å²) in [6.07, 6.45) is 0. The first-order chi connectivity index (χ1) is 9.72. The highest BCUT2D eigenvalue weighted by Gasteiger charge is 2.13. The number of benzene rings is 2. The maximum atomic E-state index is 12.4. The van der Waals surface area contributed by atoms with Crippen molar-refractivity contribution in [2.75, 3.05) is 11.9 Å². The first kappa shape index (κ1) is 14.1. The summed E-state index contributed by atoms with van der Waals surface area (Å²) in [4.78, 5) is 12.4. The van der Waals surface area contributed by atoms with E-state index in [-0.39, 0.29) is 11.9 Å². The standard InChI is InChI=1S/C17H20N2O/c1-3-18-16-12-8-7-11-15(16)17(20)19-13(2)14-9-5-4-6-10-14/h4-13,18H,3H2,1-2H3,(H,19,20)/t13-/m0/s1. The maximum Gasteiger partial charge on any atom is 0.253 e. The Hall–Kier alpha value is -2.29. The fourth-order valence-electron chi connectivity index (χ4n) is 2.13. The molecule has 2 aromatic carbocycles. The van der Waals surface area contributed by atoms with Crippen LogP contribution in [-0.4, -0.2) is 12.5 Å². The van der Waals surface area contributed by atoms with Crippen LogP contribution < -0.4 is 10.6 Å². The molecule has 3 nitrogen and oxygen atoms in total. The molecule has 0 saturated carbocycles. The molecule has 1 amide bonds. The van der Waals surface area contributed by atoms with Gasteiger partial charge in [0.05, 0.1) is 11.6 Å². The quantitative estimate of drug-likeness (QED) is 0.869. The van der Waals surface area contributed by atoms with Gasteiger partial charge in [0.15, 0.2) is 0 Å². The van der Waals surface area contributed by atoms with Gasteiger partial charge < -0.3 is 10.6 Å². The molecule has 0 aliphatic carbocycles. The number of carbonyl (C=O) groups excluding carboxylic acids is 1. The third-order valence-electron chi connectivity index (χ3n) is 3.19. The lowest BCUT2D eigenvalue weighted by Gasteiger charge is -2.16. The summed E-state index contributed by atoms with van der Waals surface area (Å²) in [7, 11) is 0. The van der Waals surface area contributed by atoms with Crippen LogP contribution in [0.1, 0.15) is 35.8 Å². The number of hydrogen-bond donors (Lipinski definition) is 2. The number of para-hydroxylation sites is 1. The maximum absolute atomic E-state index is 12.4. The van der Waals surface area contributed by atoms with Crippen molar-refractivity contribution in [3.63, 3.8) is 0 Å². The van der Waals surface area contributed by atoms with Crippen LogP contribution in [0.5, 0.6) is 0 Å². The number of carbonyl (C=O) groups is 1. The van der Waals surface area contributed by atoms with Crippen molar-refractivity contribution in [2.45, 2.75) is 19.9 Å². The fourth-order valence-corrected chi connectivity index (χ4v) is 2.13. The molecule has 0 aliphatic rings. The second-order valence-electron chi connectivity index (χ2n) is 4.68. The van der Waals surface area contributed by atoms with Gasteiger partial charge in [0.25, 0.3) is 5.91 Å². The van der Waals surface area contributed by atoms with E-state index < -0.39 is 0 Å². The molecule has 104 valence electrons. The molecule has 0 heterocycles. The molecule has 0 unspecified atom stereocenters. The molecular formula is C17H20N2O. The number of hydrogen-bond acceptors (Lipinski definition) is 2. The van der Waals surface area contributed by atoms with Crippen molar-refractivity contribution in [3.05, 3.63) is 65.7 Å². The highest BCUT2D eigenvalue weighted by Crippen LogP contribution is 2.17. The minimum absolute atomic E-state index is 0.0154. The molecule has 0 saturated heterocycles. The summed E-state index contributed by atoms with van der Waals surface area (Å²) in [5.74, 6) is -0.0575. The highest BCUT2D eigenvalue weighted by molar-refractivity contribution is 5.99. The van der Waals surface area contributed by atoms with E-state index in [0.29, 0.717) is 5.56 Å². The summed E-state index contributed by atoms with van der Waals surface area (Å²) in [6, 6.07) is 17.5. The molecule has 0 fully saturated rings. The van der Waals surface area contributed by atoms with Crippen LogP contribution in [0, 0.1) is 0 Å². The monoisotopic (exact) mass is 268 g/mol. The predicted octanol–water partition coefficient (Wildman–Crippen LogP) is 3.61. The molecule has 0 bridgehead atoms. The molecule has 0 aliphatic heterocycles. The minimum Gasteiger partial charge on any atom is -0.385 e. The van der Waals surface area contributed by atoms with E-state index in [0.717, 1.165) is 17.8 Å². The van der Waals surface area contributed by atoms with Crippen molar-refractivity contribution in [1.82, 2.24) is 5.32 Å². The van der Waals surface area contributed by atoms with Gasteiger partial charge in [-0.3, -0.25) is 4.79 Å². The Morgan fingerprint density at radius 2 is 1.70 bits per heavy atom. The zero-order chi connectivity index (χ0) is 14.4. The SMILES string of the molecule is CCNc1ccccc1C(=O)N[C@@H](C)c1ccccc1. The zero-order valence-electron chi connectivity index (χ0n) is 11.9. The van der Waals surface area contributed by atoms with Gasteiger partial charge in [-0.1, -0.05) is 42.5 Å². The summed E-state index contributed by atoms with van der Waals surface area (Å²) >= 11 is 0. The van der Waals surface area contributed by atoms with Gasteiger partial charge in [-0.2, -0.15) is 0 Å². The third-order valence-corrected chi connectivity index (χ3v) is 3.19. The van der Waals surface area contributed by atoms with E-state index in [1.165, 1.54) is 0 Å². The molecule has 1 atom stereocenters. The Bertz CT molecular complexity index is 566. The molecule has 2 aromatic rings. The molecule has 0 radical (unpaired) electrons. The first-order valence-electron chi connectivity index (χ1n) is 6.91. The van der Waals surface area contributed by atoms with Crippen molar-refractivity contribution < 1.29 is 4.79 Å². The molecule has 2 N–H and O–H groups in total. The second kappa shape index (κ2) is 6.75. The average molecular weight is 268 g/mol. The van der Waals surface area contributed by atoms with E-state index in [1.54, 1.807) is 0 Å². The van der Waals surface area contributed by atoms with Gasteiger partial charge in [0, 0.05) is 12.2 Å². The second-order valence-corrected chi connectivity index (χ2v) is 4.68. The van der Waals surface area contributed by atoms with Crippen LogP contribution in [0.15, 0.2) is 54.6 Å². The lowest BCUT2D eigenvalue weighted by molar-refractivity contribution is 0.0940. The first-order valence-corrected chi connectivity index (χ1v) is 6.91. The Morgan fingerprint density at radius 1 is 1.05 bits per heavy atom. The largest absolute Gasteiger partial charge is 0.385 e. The summed E-state index contributed by atoms with van der Waals surface area (Å²) in [5.41, 5.74) is 2.65. The van der Waals surface area contributed by atoms with Crippen LogP contribution in [0.4, 0.5) is 5.69 Å². The Balaban J connectivity index is 2.12. The van der Waals surface area contributed by atoms with E-state index in [9.17, 15) is 4.79 Å². The smallest absolute Gasteiger partial charge is 0.253 e. The van der Waals surface area contributed by atoms with Crippen molar-refractivity contribution in [2.24, 2.45) is 0 Å². The molecule has 0 spiro atoms. The molecule has 20 heavy (non-hydrogen) atoms. The minimum atomic E-state index is -0.0575. The highest BCUT2D eigenvalue weighted by atomic mass is 16.1. The lowest BCUT2D eigenvalue weighted by atomic mass is 10.1. The van der Waals surface area contributed by atoms with Crippen molar-refractivity contribution in [3.8, 4) is 0 Å². The number of rotatable bonds is 5. The predicted molar refractivity (Wildman–Crippen MR) is 82.9 cm³/mol. The molecule has 3 heteroatoms. The van der Waals surface area contributed by atoms with E-state index in [1.807, 2.05) is 68.4 Å². The van der Waals surface area contributed by atoms with E-state index in [4.69, 9.17) is 0 Å². The van der Waals surface area contributed by atoms with Crippen LogP contribution in [0.2, 0.25) is 0 Å². The molecular weight excluding hydrogens is 248 g/mol. The van der Waals surface area contributed by atoms with Crippen LogP contribution in [-0.2, 0) is 0 Å². The Kier molecular flexibility index (Phi) is 4.77. The van der Waals surface area contributed by atoms with Gasteiger partial charge in [-0.25, -0.2) is 0 Å². The lowest BCUT2D eigenvalue weighted by Crippen LogP contribution is -2.27. The summed E-state index contributed by atoms with van der Waals surface area (Å²) in [6.45, 7) is 4.79.